The van der Waals surface area contributed by atoms with Gasteiger partial charge in [0.25, 0.3) is 5.91 Å². The Balaban J connectivity index is 1.57. The molecule has 152 valence electrons. The van der Waals surface area contributed by atoms with Crippen LogP contribution in [0.5, 0.6) is 0 Å². The van der Waals surface area contributed by atoms with Crippen LogP contribution in [0.25, 0.3) is 0 Å². The summed E-state index contributed by atoms with van der Waals surface area (Å²) in [7, 11) is 0. The third-order valence-corrected chi connectivity index (χ3v) is 5.76. The molecular weight excluding hydrogens is 380 g/mol. The second-order valence-corrected chi connectivity index (χ2v) is 7.85. The van der Waals surface area contributed by atoms with E-state index in [9.17, 15) is 4.79 Å². The molecule has 0 radical (unpaired) electrons. The largest absolute Gasteiger partial charge is 0.272 e. The number of hydrogen-bond acceptors (Lipinski definition) is 2. The Bertz CT molecular complexity index is 1120. The van der Waals surface area contributed by atoms with Gasteiger partial charge in [0, 0.05) is 13.1 Å². The summed E-state index contributed by atoms with van der Waals surface area (Å²) in [4.78, 5) is 13.9. The average Bonchev–Trinajstić information content (AvgIpc) is 3.12. The van der Waals surface area contributed by atoms with Crippen LogP contribution >= 0.6 is 0 Å². The standard InChI is InChI=1S/C28H24N2O/c31-28-27(24-16-8-3-9-17-24)25-18-10-11-19-26(25)30(28)29(20-22-12-4-1-5-13-22)21-23-14-6-2-7-15-23/h1-19,27H,20-21H2/t27-/m1/s1. The van der Waals surface area contributed by atoms with Crippen LogP contribution in [-0.4, -0.2) is 10.9 Å². The molecule has 0 saturated heterocycles. The lowest BCUT2D eigenvalue weighted by Crippen LogP contribution is -2.44. The third kappa shape index (κ3) is 3.88. The molecule has 1 aliphatic rings. The SMILES string of the molecule is O=C1[C@H](c2ccccc2)c2ccccc2N1N(Cc1ccccc1)Cc1ccccc1. The minimum absolute atomic E-state index is 0.0965. The monoisotopic (exact) mass is 404 g/mol. The van der Waals surface area contributed by atoms with Crippen LogP contribution in [0.3, 0.4) is 0 Å². The van der Waals surface area contributed by atoms with Gasteiger partial charge in [-0.15, -0.1) is 0 Å². The van der Waals surface area contributed by atoms with Crippen LogP contribution < -0.4 is 5.01 Å². The van der Waals surface area contributed by atoms with Crippen molar-refractivity contribution in [2.24, 2.45) is 0 Å². The zero-order valence-electron chi connectivity index (χ0n) is 17.3. The van der Waals surface area contributed by atoms with Crippen molar-refractivity contribution in [1.82, 2.24) is 5.01 Å². The van der Waals surface area contributed by atoms with Gasteiger partial charge in [0.2, 0.25) is 0 Å². The van der Waals surface area contributed by atoms with E-state index < -0.39 is 0 Å². The fourth-order valence-electron chi connectivity index (χ4n) is 4.34. The molecule has 1 amide bonds. The average molecular weight is 405 g/mol. The number of carbonyl (C=O) groups is 1. The summed E-state index contributed by atoms with van der Waals surface area (Å²) in [6.45, 7) is 1.30. The van der Waals surface area contributed by atoms with Crippen molar-refractivity contribution in [2.45, 2.75) is 19.0 Å². The zero-order valence-corrected chi connectivity index (χ0v) is 17.3. The van der Waals surface area contributed by atoms with Crippen molar-refractivity contribution in [3.63, 3.8) is 0 Å². The Morgan fingerprint density at radius 2 is 1.10 bits per heavy atom. The molecule has 0 fully saturated rings. The first-order valence-corrected chi connectivity index (χ1v) is 10.6. The van der Waals surface area contributed by atoms with Gasteiger partial charge >= 0.3 is 0 Å². The van der Waals surface area contributed by atoms with E-state index in [0.29, 0.717) is 13.1 Å². The molecule has 0 saturated carbocycles. The number of hydrazine groups is 1. The molecule has 1 aliphatic heterocycles. The van der Waals surface area contributed by atoms with Gasteiger partial charge in [-0.2, -0.15) is 0 Å². The number of amides is 1. The molecule has 1 atom stereocenters. The lowest BCUT2D eigenvalue weighted by Gasteiger charge is -2.33. The number of para-hydroxylation sites is 1. The highest BCUT2D eigenvalue weighted by Gasteiger charge is 2.41. The summed E-state index contributed by atoms with van der Waals surface area (Å²) < 4.78 is 0. The number of rotatable bonds is 6. The van der Waals surface area contributed by atoms with E-state index in [1.807, 2.05) is 83.9 Å². The normalized spacial score (nSPS) is 15.3. The first-order valence-electron chi connectivity index (χ1n) is 10.6. The zero-order chi connectivity index (χ0) is 21.0. The number of carbonyl (C=O) groups excluding carboxylic acids is 1. The van der Waals surface area contributed by atoms with Gasteiger partial charge < -0.3 is 0 Å². The maximum absolute atomic E-state index is 13.9. The number of benzene rings is 4. The maximum Gasteiger partial charge on any atom is 0.253 e. The maximum atomic E-state index is 13.9. The van der Waals surface area contributed by atoms with Gasteiger partial charge in [0.1, 0.15) is 0 Å². The molecule has 0 N–H and O–H groups in total. The first kappa shape index (κ1) is 19.3. The number of fused-ring (bicyclic) bond motifs is 1. The van der Waals surface area contributed by atoms with E-state index in [1.54, 1.807) is 0 Å². The molecule has 4 aromatic carbocycles. The van der Waals surface area contributed by atoms with Crippen LogP contribution in [-0.2, 0) is 17.9 Å². The van der Waals surface area contributed by atoms with E-state index >= 15 is 0 Å². The van der Waals surface area contributed by atoms with Gasteiger partial charge in [-0.1, -0.05) is 109 Å². The Morgan fingerprint density at radius 3 is 1.68 bits per heavy atom. The highest BCUT2D eigenvalue weighted by atomic mass is 16.2. The van der Waals surface area contributed by atoms with E-state index in [0.717, 1.165) is 16.8 Å². The number of nitrogens with zero attached hydrogens (tertiary/aromatic N) is 2. The fraction of sp³-hybridized carbons (Fsp3) is 0.107. The van der Waals surface area contributed by atoms with Crippen molar-refractivity contribution in [3.05, 3.63) is 138 Å². The number of anilines is 1. The first-order chi connectivity index (χ1) is 15.3. The molecule has 31 heavy (non-hydrogen) atoms. The molecular formula is C28H24N2O. The summed E-state index contributed by atoms with van der Waals surface area (Å²) in [5.41, 5.74) is 5.40. The Hall–Kier alpha value is -3.69. The van der Waals surface area contributed by atoms with Crippen molar-refractivity contribution < 1.29 is 4.79 Å². The molecule has 0 unspecified atom stereocenters. The van der Waals surface area contributed by atoms with Crippen LogP contribution in [0.2, 0.25) is 0 Å². The predicted octanol–water partition coefficient (Wildman–Crippen LogP) is 5.78. The highest BCUT2D eigenvalue weighted by Crippen LogP contribution is 2.42. The molecule has 1 heterocycles. The van der Waals surface area contributed by atoms with E-state index in [-0.39, 0.29) is 11.8 Å². The molecule has 3 heteroatoms. The van der Waals surface area contributed by atoms with E-state index in [2.05, 4.69) is 41.4 Å². The second-order valence-electron chi connectivity index (χ2n) is 7.85. The molecule has 0 aromatic heterocycles. The van der Waals surface area contributed by atoms with Crippen molar-refractivity contribution in [3.8, 4) is 0 Å². The van der Waals surface area contributed by atoms with Crippen LogP contribution in [0.4, 0.5) is 5.69 Å². The third-order valence-electron chi connectivity index (χ3n) is 5.76. The van der Waals surface area contributed by atoms with Crippen molar-refractivity contribution in [1.29, 1.82) is 0 Å². The van der Waals surface area contributed by atoms with Crippen LogP contribution in [0.15, 0.2) is 115 Å². The molecule has 4 aromatic rings. The van der Waals surface area contributed by atoms with Gasteiger partial charge in [-0.3, -0.25) is 4.79 Å². The summed E-state index contributed by atoms with van der Waals surface area (Å²) in [6.07, 6.45) is 0. The topological polar surface area (TPSA) is 23.6 Å². The second kappa shape index (κ2) is 8.58. The summed E-state index contributed by atoms with van der Waals surface area (Å²) in [6, 6.07) is 38.9. The van der Waals surface area contributed by atoms with Gasteiger partial charge in [-0.05, 0) is 28.3 Å². The van der Waals surface area contributed by atoms with Crippen molar-refractivity contribution in [2.75, 3.05) is 5.01 Å². The fourth-order valence-corrected chi connectivity index (χ4v) is 4.34. The lowest BCUT2D eigenvalue weighted by molar-refractivity contribution is -0.121. The smallest absolute Gasteiger partial charge is 0.253 e. The summed E-state index contributed by atoms with van der Waals surface area (Å²) in [5.74, 6) is -0.189. The summed E-state index contributed by atoms with van der Waals surface area (Å²) >= 11 is 0. The molecule has 0 bridgehead atoms. The van der Waals surface area contributed by atoms with Gasteiger partial charge in [-0.25, -0.2) is 10.0 Å². The summed E-state index contributed by atoms with van der Waals surface area (Å²) in [5, 5.41) is 4.06. The highest BCUT2D eigenvalue weighted by molar-refractivity contribution is 6.06. The minimum atomic E-state index is -0.286. The minimum Gasteiger partial charge on any atom is -0.272 e. The predicted molar refractivity (Wildman–Crippen MR) is 124 cm³/mol. The van der Waals surface area contributed by atoms with Crippen LogP contribution in [0.1, 0.15) is 28.2 Å². The Morgan fingerprint density at radius 1 is 0.613 bits per heavy atom. The van der Waals surface area contributed by atoms with Crippen molar-refractivity contribution >= 4 is 11.6 Å². The van der Waals surface area contributed by atoms with E-state index in [1.165, 1.54) is 11.1 Å². The molecule has 0 spiro atoms. The van der Waals surface area contributed by atoms with E-state index in [4.69, 9.17) is 0 Å². The molecule has 3 nitrogen and oxygen atoms in total. The van der Waals surface area contributed by atoms with Gasteiger partial charge in [0.05, 0.1) is 11.6 Å². The number of hydrogen-bond donors (Lipinski definition) is 0. The lowest BCUT2D eigenvalue weighted by atomic mass is 9.93. The molecule has 5 rings (SSSR count). The Labute approximate surface area is 183 Å². The quantitative estimate of drug-likeness (QED) is 0.406. The molecule has 0 aliphatic carbocycles. The Kier molecular flexibility index (Phi) is 5.34. The van der Waals surface area contributed by atoms with Gasteiger partial charge in [0.15, 0.2) is 0 Å². The van der Waals surface area contributed by atoms with Crippen LogP contribution in [0, 0.1) is 0 Å².